The maximum Gasteiger partial charge on any atom is 0.413 e. The second kappa shape index (κ2) is 11.5. The van der Waals surface area contributed by atoms with Crippen LogP contribution in [0.4, 0.5) is 21.1 Å². The molecule has 0 saturated carbocycles. The molecule has 228 valence electrons. The molecular formula is C30H38N8O5. The Morgan fingerprint density at radius 3 is 2.23 bits per heavy atom. The number of carbonyl (C=O) groups is 2. The average molecular weight is 591 g/mol. The van der Waals surface area contributed by atoms with Gasteiger partial charge >= 0.3 is 12.2 Å². The number of nitrogens with one attached hydrogen (secondary N) is 1. The molecule has 4 aromatic rings. The molecular weight excluding hydrogens is 552 g/mol. The number of carbonyl (C=O) groups excluding carboxylic acids is 2. The van der Waals surface area contributed by atoms with Crippen molar-refractivity contribution < 1.29 is 23.7 Å². The summed E-state index contributed by atoms with van der Waals surface area (Å²) in [6, 6.07) is 9.83. The lowest BCUT2D eigenvalue weighted by atomic mass is 10.1. The summed E-state index contributed by atoms with van der Waals surface area (Å²) < 4.78 is 18.1. The first-order chi connectivity index (χ1) is 20.3. The van der Waals surface area contributed by atoms with E-state index in [4.69, 9.17) is 24.1 Å². The van der Waals surface area contributed by atoms with Gasteiger partial charge in [0.1, 0.15) is 16.7 Å². The van der Waals surface area contributed by atoms with Crippen molar-refractivity contribution in [3.05, 3.63) is 36.5 Å². The van der Waals surface area contributed by atoms with Gasteiger partial charge in [0.2, 0.25) is 5.82 Å². The van der Waals surface area contributed by atoms with Gasteiger partial charge in [0.15, 0.2) is 11.5 Å². The number of aryl methyl sites for hydroxylation is 1. The molecule has 2 amide bonds. The smallest absolute Gasteiger partial charge is 0.413 e. The van der Waals surface area contributed by atoms with Crippen LogP contribution in [0.1, 0.15) is 48.5 Å². The minimum Gasteiger partial charge on any atom is -0.444 e. The van der Waals surface area contributed by atoms with E-state index in [2.05, 4.69) is 20.5 Å². The van der Waals surface area contributed by atoms with E-state index in [0.29, 0.717) is 49.8 Å². The number of anilines is 2. The van der Waals surface area contributed by atoms with Crippen molar-refractivity contribution in [3.63, 3.8) is 0 Å². The van der Waals surface area contributed by atoms with Gasteiger partial charge in [-0.1, -0.05) is 30.3 Å². The predicted octanol–water partition coefficient (Wildman–Crippen LogP) is 5.57. The molecule has 1 aromatic carbocycles. The van der Waals surface area contributed by atoms with Gasteiger partial charge in [0, 0.05) is 38.3 Å². The summed E-state index contributed by atoms with van der Waals surface area (Å²) in [6.07, 6.45) is 0.852. The number of ether oxygens (including phenoxy) is 2. The summed E-state index contributed by atoms with van der Waals surface area (Å²) >= 11 is 0. The van der Waals surface area contributed by atoms with E-state index in [1.165, 1.54) is 0 Å². The largest absolute Gasteiger partial charge is 0.444 e. The number of hydrogen-bond donors (Lipinski definition) is 1. The lowest BCUT2D eigenvalue weighted by molar-refractivity contribution is 0.0240. The molecule has 0 aliphatic carbocycles. The van der Waals surface area contributed by atoms with E-state index >= 15 is 0 Å². The molecule has 0 spiro atoms. The molecule has 13 heteroatoms. The minimum absolute atomic E-state index is 0.0981. The van der Waals surface area contributed by atoms with Crippen LogP contribution < -0.4 is 10.2 Å². The Bertz CT molecular complexity index is 1610. The second-order valence-corrected chi connectivity index (χ2v) is 12.3. The predicted molar refractivity (Wildman–Crippen MR) is 162 cm³/mol. The van der Waals surface area contributed by atoms with Crippen LogP contribution in [0, 0.1) is 0 Å². The highest BCUT2D eigenvalue weighted by Crippen LogP contribution is 2.37. The first-order valence-corrected chi connectivity index (χ1v) is 14.3. The molecule has 1 fully saturated rings. The van der Waals surface area contributed by atoms with Gasteiger partial charge in [-0.15, -0.1) is 0 Å². The van der Waals surface area contributed by atoms with Crippen LogP contribution in [0.25, 0.3) is 33.8 Å². The lowest BCUT2D eigenvalue weighted by Crippen LogP contribution is -2.50. The third-order valence-corrected chi connectivity index (χ3v) is 6.71. The minimum atomic E-state index is -0.698. The van der Waals surface area contributed by atoms with E-state index in [0.717, 1.165) is 16.8 Å². The third-order valence-electron chi connectivity index (χ3n) is 6.71. The Morgan fingerprint density at radius 2 is 1.60 bits per heavy atom. The van der Waals surface area contributed by atoms with Gasteiger partial charge in [0.05, 0.1) is 23.1 Å². The highest BCUT2D eigenvalue weighted by molar-refractivity contribution is 6.00. The zero-order valence-corrected chi connectivity index (χ0v) is 25.7. The van der Waals surface area contributed by atoms with Crippen LogP contribution in [0.15, 0.2) is 41.2 Å². The molecule has 43 heavy (non-hydrogen) atoms. The summed E-state index contributed by atoms with van der Waals surface area (Å²) in [5.74, 6) is 0.560. The van der Waals surface area contributed by atoms with E-state index in [-0.39, 0.29) is 17.6 Å². The SMILES string of the molecule is CCn1c(-c2nonc2NC(=O)OC(C)(C)C)nc2c(-c3ccccc3)ncc(N3CCN(C(=O)OC(C)(C)C)CC3)c21. The fraction of sp³-hybridized carbons (Fsp3) is 0.467. The summed E-state index contributed by atoms with van der Waals surface area (Å²) in [6.45, 7) is 15.6. The fourth-order valence-electron chi connectivity index (χ4n) is 4.93. The van der Waals surface area contributed by atoms with Gasteiger partial charge in [0.25, 0.3) is 0 Å². The Hall–Kier alpha value is -4.68. The van der Waals surface area contributed by atoms with E-state index in [1.807, 2.05) is 68.8 Å². The molecule has 0 atom stereocenters. The summed E-state index contributed by atoms with van der Waals surface area (Å²) in [5.41, 5.74) is 3.01. The normalized spacial score (nSPS) is 14.2. The Labute approximate surface area is 250 Å². The number of amides is 2. The second-order valence-electron chi connectivity index (χ2n) is 12.3. The number of rotatable bonds is 5. The maximum absolute atomic E-state index is 12.7. The average Bonchev–Trinajstić information content (AvgIpc) is 3.55. The van der Waals surface area contributed by atoms with Gasteiger partial charge in [-0.3, -0.25) is 10.3 Å². The van der Waals surface area contributed by atoms with Crippen LogP contribution in [0.3, 0.4) is 0 Å². The number of fused-ring (bicyclic) bond motifs is 1. The van der Waals surface area contributed by atoms with Crippen LogP contribution in [0.5, 0.6) is 0 Å². The van der Waals surface area contributed by atoms with Crippen molar-refractivity contribution in [1.82, 2.24) is 29.7 Å². The van der Waals surface area contributed by atoms with E-state index in [9.17, 15) is 9.59 Å². The number of hydrogen-bond acceptors (Lipinski definition) is 10. The van der Waals surface area contributed by atoms with Crippen LogP contribution in [-0.2, 0) is 16.0 Å². The standard InChI is InChI=1S/C30H38N8O5/c1-8-38-24-20(36-14-16-37(17-15-36)28(40)42-30(5,6)7)18-31-21(19-12-10-9-11-13-19)22(24)32-26(38)23-25(35-43-34-23)33-27(39)41-29(2,3)4/h9-13,18H,8,14-17H2,1-7H3,(H,33,35,39). The number of imidazole rings is 1. The van der Waals surface area contributed by atoms with Crippen LogP contribution in [0.2, 0.25) is 0 Å². The Balaban J connectivity index is 1.56. The summed E-state index contributed by atoms with van der Waals surface area (Å²) in [5, 5.41) is 10.7. The van der Waals surface area contributed by atoms with Crippen molar-refractivity contribution in [2.75, 3.05) is 36.4 Å². The molecule has 0 radical (unpaired) electrons. The van der Waals surface area contributed by atoms with Crippen molar-refractivity contribution in [2.45, 2.75) is 66.2 Å². The molecule has 1 N–H and O–H groups in total. The van der Waals surface area contributed by atoms with E-state index < -0.39 is 17.3 Å². The molecule has 0 bridgehead atoms. The fourth-order valence-corrected chi connectivity index (χ4v) is 4.93. The van der Waals surface area contributed by atoms with Gasteiger partial charge in [-0.05, 0) is 58.8 Å². The molecule has 4 heterocycles. The molecule has 1 saturated heterocycles. The Morgan fingerprint density at radius 1 is 0.930 bits per heavy atom. The first kappa shape index (κ1) is 29.8. The molecule has 3 aromatic heterocycles. The molecule has 1 aliphatic heterocycles. The third kappa shape index (κ3) is 6.55. The van der Waals surface area contributed by atoms with Crippen molar-refractivity contribution in [2.24, 2.45) is 0 Å². The number of nitrogens with zero attached hydrogens (tertiary/aromatic N) is 7. The van der Waals surface area contributed by atoms with Crippen molar-refractivity contribution in [3.8, 4) is 22.8 Å². The molecule has 13 nitrogen and oxygen atoms in total. The Kier molecular flexibility index (Phi) is 8.00. The zero-order valence-electron chi connectivity index (χ0n) is 25.7. The number of benzene rings is 1. The lowest BCUT2D eigenvalue weighted by Gasteiger charge is -2.37. The summed E-state index contributed by atoms with van der Waals surface area (Å²) in [7, 11) is 0. The number of pyridine rings is 1. The quantitative estimate of drug-likeness (QED) is 0.313. The zero-order chi connectivity index (χ0) is 30.9. The number of piperazine rings is 1. The van der Waals surface area contributed by atoms with E-state index in [1.54, 1.807) is 25.7 Å². The van der Waals surface area contributed by atoms with Gasteiger partial charge in [-0.2, -0.15) is 0 Å². The van der Waals surface area contributed by atoms with Crippen LogP contribution in [-0.4, -0.2) is 79.3 Å². The highest BCUT2D eigenvalue weighted by atomic mass is 16.6. The maximum atomic E-state index is 12.7. The number of aromatic nitrogens is 5. The van der Waals surface area contributed by atoms with Crippen molar-refractivity contribution in [1.29, 1.82) is 0 Å². The van der Waals surface area contributed by atoms with Crippen molar-refractivity contribution >= 4 is 34.7 Å². The van der Waals surface area contributed by atoms with Gasteiger partial charge in [-0.25, -0.2) is 19.2 Å². The molecule has 5 rings (SSSR count). The highest BCUT2D eigenvalue weighted by Gasteiger charge is 2.30. The van der Waals surface area contributed by atoms with Gasteiger partial charge < -0.3 is 23.8 Å². The topological polar surface area (TPSA) is 141 Å². The summed E-state index contributed by atoms with van der Waals surface area (Å²) in [4.78, 5) is 39.1. The monoisotopic (exact) mass is 590 g/mol. The molecule has 0 unspecified atom stereocenters. The molecule has 1 aliphatic rings. The van der Waals surface area contributed by atoms with Crippen LogP contribution >= 0.6 is 0 Å². The first-order valence-electron chi connectivity index (χ1n) is 14.3.